The second kappa shape index (κ2) is 6.04. The van der Waals surface area contributed by atoms with Gasteiger partial charge in [0.1, 0.15) is 0 Å². The van der Waals surface area contributed by atoms with Crippen LogP contribution in [0.5, 0.6) is 0 Å². The quantitative estimate of drug-likeness (QED) is 0.904. The molecular weight excluding hydrogens is 265 g/mol. The Balaban J connectivity index is 1.95. The van der Waals surface area contributed by atoms with Gasteiger partial charge in [-0.15, -0.1) is 0 Å². The molecule has 1 aromatic rings. The third-order valence-corrected chi connectivity index (χ3v) is 3.82. The molecule has 1 N–H and O–H groups in total. The van der Waals surface area contributed by atoms with E-state index in [1.165, 1.54) is 12.1 Å². The number of hydrogen-bond donors (Lipinski definition) is 1. The van der Waals surface area contributed by atoms with Gasteiger partial charge >= 0.3 is 6.18 Å². The lowest BCUT2D eigenvalue weighted by atomic mass is 10.0. The normalized spacial score (nSPS) is 18.5. The summed E-state index contributed by atoms with van der Waals surface area (Å²) in [7, 11) is 0. The summed E-state index contributed by atoms with van der Waals surface area (Å²) >= 11 is 0. The predicted molar refractivity (Wildman–Crippen MR) is 74.8 cm³/mol. The number of halogens is 3. The molecule has 0 unspecified atom stereocenters. The molecule has 1 saturated heterocycles. The molecule has 2 nitrogen and oxygen atoms in total. The van der Waals surface area contributed by atoms with Gasteiger partial charge in [-0.25, -0.2) is 0 Å². The van der Waals surface area contributed by atoms with Gasteiger partial charge in [-0.2, -0.15) is 13.2 Å². The molecular formula is C15H21F3N2. The first-order chi connectivity index (χ1) is 9.36. The zero-order valence-corrected chi connectivity index (χ0v) is 11.9. The average Bonchev–Trinajstić information content (AvgIpc) is 2.38. The number of rotatable bonds is 3. The lowest BCUT2D eigenvalue weighted by Crippen LogP contribution is -2.42. The minimum Gasteiger partial charge on any atom is -0.382 e. The van der Waals surface area contributed by atoms with E-state index in [1.807, 2.05) is 0 Å². The van der Waals surface area contributed by atoms with Gasteiger partial charge in [0.2, 0.25) is 0 Å². The largest absolute Gasteiger partial charge is 0.416 e. The Labute approximate surface area is 118 Å². The van der Waals surface area contributed by atoms with Crippen molar-refractivity contribution in [1.29, 1.82) is 0 Å². The molecule has 0 atom stereocenters. The maximum atomic E-state index is 12.7. The molecule has 112 valence electrons. The van der Waals surface area contributed by atoms with Crippen LogP contribution in [0.2, 0.25) is 0 Å². The summed E-state index contributed by atoms with van der Waals surface area (Å²) in [6.07, 6.45) is -2.35. The van der Waals surface area contributed by atoms with E-state index in [0.717, 1.165) is 32.0 Å². The number of alkyl halides is 3. The predicted octanol–water partition coefficient (Wildman–Crippen LogP) is 3.99. The highest BCUT2D eigenvalue weighted by Crippen LogP contribution is 2.31. The second-order valence-electron chi connectivity index (χ2n) is 5.63. The molecule has 1 fully saturated rings. The Morgan fingerprint density at radius 3 is 2.40 bits per heavy atom. The molecule has 1 aliphatic heterocycles. The number of nitrogens with one attached hydrogen (secondary N) is 1. The minimum atomic E-state index is -4.28. The van der Waals surface area contributed by atoms with Crippen LogP contribution in [0, 0.1) is 0 Å². The van der Waals surface area contributed by atoms with E-state index >= 15 is 0 Å². The Morgan fingerprint density at radius 2 is 1.85 bits per heavy atom. The topological polar surface area (TPSA) is 15.3 Å². The number of hydrogen-bond acceptors (Lipinski definition) is 2. The van der Waals surface area contributed by atoms with Crippen LogP contribution in [0.3, 0.4) is 0 Å². The van der Waals surface area contributed by atoms with Crippen LogP contribution in [-0.4, -0.2) is 30.1 Å². The maximum absolute atomic E-state index is 12.7. The number of anilines is 1. The van der Waals surface area contributed by atoms with Crippen LogP contribution in [0.4, 0.5) is 18.9 Å². The van der Waals surface area contributed by atoms with E-state index in [0.29, 0.717) is 11.7 Å². The van der Waals surface area contributed by atoms with Crippen LogP contribution in [0.25, 0.3) is 0 Å². The number of piperidine rings is 1. The molecule has 1 aliphatic rings. The Hall–Kier alpha value is -1.23. The highest BCUT2D eigenvalue weighted by Gasteiger charge is 2.30. The van der Waals surface area contributed by atoms with Crippen molar-refractivity contribution in [3.63, 3.8) is 0 Å². The van der Waals surface area contributed by atoms with E-state index in [-0.39, 0.29) is 6.04 Å². The van der Waals surface area contributed by atoms with Crippen molar-refractivity contribution in [2.75, 3.05) is 18.4 Å². The minimum absolute atomic E-state index is 0.258. The van der Waals surface area contributed by atoms with Gasteiger partial charge < -0.3 is 10.2 Å². The summed E-state index contributed by atoms with van der Waals surface area (Å²) in [5.74, 6) is 0. The molecule has 1 heterocycles. The summed E-state index contributed by atoms with van der Waals surface area (Å²) in [6.45, 7) is 6.32. The SMILES string of the molecule is CC(C)N1CCC(Nc2cccc(C(F)(F)F)c2)CC1. The zero-order chi connectivity index (χ0) is 14.8. The number of nitrogens with zero attached hydrogens (tertiary/aromatic N) is 1. The molecule has 0 aromatic heterocycles. The highest BCUT2D eigenvalue weighted by molar-refractivity contribution is 5.47. The summed E-state index contributed by atoms with van der Waals surface area (Å²) in [4.78, 5) is 2.39. The van der Waals surface area contributed by atoms with Gasteiger partial charge in [-0.1, -0.05) is 6.07 Å². The first-order valence-corrected chi connectivity index (χ1v) is 7.04. The van der Waals surface area contributed by atoms with Gasteiger partial charge in [0.25, 0.3) is 0 Å². The fourth-order valence-electron chi connectivity index (χ4n) is 2.58. The lowest BCUT2D eigenvalue weighted by Gasteiger charge is -2.35. The highest BCUT2D eigenvalue weighted by atomic mass is 19.4. The van der Waals surface area contributed by atoms with Crippen LogP contribution in [0.1, 0.15) is 32.3 Å². The van der Waals surface area contributed by atoms with Crippen molar-refractivity contribution in [2.24, 2.45) is 0 Å². The smallest absolute Gasteiger partial charge is 0.382 e. The number of benzene rings is 1. The van der Waals surface area contributed by atoms with Gasteiger partial charge in [0.05, 0.1) is 5.56 Å². The third kappa shape index (κ3) is 3.88. The maximum Gasteiger partial charge on any atom is 0.416 e. The molecule has 0 saturated carbocycles. The first kappa shape index (κ1) is 15.2. The summed E-state index contributed by atoms with van der Waals surface area (Å²) in [6, 6.07) is 6.23. The third-order valence-electron chi connectivity index (χ3n) is 3.82. The zero-order valence-electron chi connectivity index (χ0n) is 11.9. The van der Waals surface area contributed by atoms with E-state index < -0.39 is 11.7 Å². The molecule has 0 radical (unpaired) electrons. The second-order valence-corrected chi connectivity index (χ2v) is 5.63. The van der Waals surface area contributed by atoms with E-state index in [2.05, 4.69) is 24.1 Å². The number of likely N-dealkylation sites (tertiary alicyclic amines) is 1. The lowest BCUT2D eigenvalue weighted by molar-refractivity contribution is -0.137. The average molecular weight is 286 g/mol. The van der Waals surface area contributed by atoms with Crippen molar-refractivity contribution in [3.8, 4) is 0 Å². The molecule has 0 aliphatic carbocycles. The van der Waals surface area contributed by atoms with Crippen molar-refractivity contribution in [3.05, 3.63) is 29.8 Å². The van der Waals surface area contributed by atoms with Gasteiger partial charge in [-0.3, -0.25) is 0 Å². The molecule has 0 bridgehead atoms. The Morgan fingerprint density at radius 1 is 1.20 bits per heavy atom. The van der Waals surface area contributed by atoms with Gasteiger partial charge in [-0.05, 0) is 44.9 Å². The Bertz CT molecular complexity index is 435. The Kier molecular flexibility index (Phi) is 4.58. The molecule has 1 aromatic carbocycles. The van der Waals surface area contributed by atoms with Crippen molar-refractivity contribution < 1.29 is 13.2 Å². The van der Waals surface area contributed by atoms with Crippen LogP contribution in [-0.2, 0) is 6.18 Å². The molecule has 5 heteroatoms. The van der Waals surface area contributed by atoms with E-state index in [1.54, 1.807) is 6.07 Å². The van der Waals surface area contributed by atoms with E-state index in [4.69, 9.17) is 0 Å². The van der Waals surface area contributed by atoms with E-state index in [9.17, 15) is 13.2 Å². The molecule has 20 heavy (non-hydrogen) atoms. The monoisotopic (exact) mass is 286 g/mol. The van der Waals surface area contributed by atoms with Crippen molar-refractivity contribution >= 4 is 5.69 Å². The van der Waals surface area contributed by atoms with Crippen LogP contribution < -0.4 is 5.32 Å². The summed E-state index contributed by atoms with van der Waals surface area (Å²) in [5.41, 5.74) is -0.0371. The first-order valence-electron chi connectivity index (χ1n) is 7.04. The fourth-order valence-corrected chi connectivity index (χ4v) is 2.58. The van der Waals surface area contributed by atoms with Gasteiger partial charge in [0, 0.05) is 30.9 Å². The molecule has 0 amide bonds. The summed E-state index contributed by atoms with van der Waals surface area (Å²) in [5, 5.41) is 3.23. The molecule has 0 spiro atoms. The van der Waals surface area contributed by atoms with Gasteiger partial charge in [0.15, 0.2) is 0 Å². The van der Waals surface area contributed by atoms with Crippen molar-refractivity contribution in [1.82, 2.24) is 4.90 Å². The van der Waals surface area contributed by atoms with Crippen molar-refractivity contribution in [2.45, 2.75) is 44.9 Å². The van der Waals surface area contributed by atoms with Crippen LogP contribution in [0.15, 0.2) is 24.3 Å². The van der Waals surface area contributed by atoms with Crippen LogP contribution >= 0.6 is 0 Å². The summed E-state index contributed by atoms with van der Waals surface area (Å²) < 4.78 is 38.0. The fraction of sp³-hybridized carbons (Fsp3) is 0.600. The molecule has 2 rings (SSSR count). The standard InChI is InChI=1S/C15H21F3N2/c1-11(2)20-8-6-13(7-9-20)19-14-5-3-4-12(10-14)15(16,17)18/h3-5,10-11,13,19H,6-9H2,1-2H3.